The standard InChI is InChI=1S/C24H31N3O5/c1-6-27(20(29)15-25-23(31)32-24(3,4)5)21(17-11-13-18(28)14-12-17)22(30)26-19-10-8-7-9-16(19)2/h7-14,21,28H,6,15H2,1-5H3,(H,25,31)(H,26,30). The summed E-state index contributed by atoms with van der Waals surface area (Å²) in [6.07, 6.45) is -0.715. The Bertz CT molecular complexity index is 951. The highest BCUT2D eigenvalue weighted by Crippen LogP contribution is 2.26. The van der Waals surface area contributed by atoms with E-state index in [1.54, 1.807) is 45.9 Å². The third-order valence-electron chi connectivity index (χ3n) is 4.62. The van der Waals surface area contributed by atoms with E-state index in [1.807, 2.05) is 25.1 Å². The molecule has 0 spiro atoms. The first kappa shape index (κ1) is 24.7. The summed E-state index contributed by atoms with van der Waals surface area (Å²) in [6, 6.07) is 12.5. The van der Waals surface area contributed by atoms with Crippen LogP contribution in [0.5, 0.6) is 5.75 Å². The van der Waals surface area contributed by atoms with Crippen LogP contribution in [0.15, 0.2) is 48.5 Å². The topological polar surface area (TPSA) is 108 Å². The first-order valence-electron chi connectivity index (χ1n) is 10.4. The summed E-state index contributed by atoms with van der Waals surface area (Å²) < 4.78 is 5.17. The van der Waals surface area contributed by atoms with Gasteiger partial charge in [0.1, 0.15) is 23.9 Å². The lowest BCUT2D eigenvalue weighted by molar-refractivity contribution is -0.138. The van der Waals surface area contributed by atoms with Crippen molar-refractivity contribution in [2.45, 2.75) is 46.3 Å². The SMILES string of the molecule is CCN(C(=O)CNC(=O)OC(C)(C)C)C(C(=O)Nc1ccccc1C)c1ccc(O)cc1. The molecule has 0 saturated heterocycles. The monoisotopic (exact) mass is 441 g/mol. The largest absolute Gasteiger partial charge is 0.508 e. The second kappa shape index (κ2) is 10.7. The van der Waals surface area contributed by atoms with Crippen LogP contribution in [0, 0.1) is 6.92 Å². The van der Waals surface area contributed by atoms with Crippen molar-refractivity contribution < 1.29 is 24.2 Å². The molecule has 0 aliphatic rings. The average Bonchev–Trinajstić information content (AvgIpc) is 2.71. The summed E-state index contributed by atoms with van der Waals surface area (Å²) in [5, 5.41) is 15.0. The van der Waals surface area contributed by atoms with Crippen molar-refractivity contribution in [3.63, 3.8) is 0 Å². The Kier molecular flexibility index (Phi) is 8.23. The Labute approximate surface area is 188 Å². The highest BCUT2D eigenvalue weighted by Gasteiger charge is 2.31. The zero-order chi connectivity index (χ0) is 23.9. The number of phenolic OH excluding ortho intramolecular Hbond substituents is 1. The number of para-hydroxylation sites is 1. The smallest absolute Gasteiger partial charge is 0.408 e. The molecule has 8 nitrogen and oxygen atoms in total. The van der Waals surface area contributed by atoms with Crippen molar-refractivity contribution >= 4 is 23.6 Å². The third kappa shape index (κ3) is 7.01. The van der Waals surface area contributed by atoms with Gasteiger partial charge in [0.05, 0.1) is 0 Å². The van der Waals surface area contributed by atoms with Crippen LogP contribution >= 0.6 is 0 Å². The maximum absolute atomic E-state index is 13.3. The molecule has 1 unspecified atom stereocenters. The molecule has 8 heteroatoms. The summed E-state index contributed by atoms with van der Waals surface area (Å²) in [4.78, 5) is 39.6. The number of amides is 3. The van der Waals surface area contributed by atoms with Gasteiger partial charge in [-0.05, 0) is 63.9 Å². The van der Waals surface area contributed by atoms with E-state index < -0.39 is 29.6 Å². The predicted octanol–water partition coefficient (Wildman–Crippen LogP) is 3.75. The van der Waals surface area contributed by atoms with E-state index in [-0.39, 0.29) is 18.8 Å². The van der Waals surface area contributed by atoms with Crippen molar-refractivity contribution in [1.82, 2.24) is 10.2 Å². The van der Waals surface area contributed by atoms with Gasteiger partial charge in [0.25, 0.3) is 5.91 Å². The third-order valence-corrected chi connectivity index (χ3v) is 4.62. The molecule has 172 valence electrons. The molecule has 0 fully saturated rings. The van der Waals surface area contributed by atoms with Gasteiger partial charge in [0, 0.05) is 12.2 Å². The molecule has 2 aromatic rings. The number of hydrogen-bond acceptors (Lipinski definition) is 5. The van der Waals surface area contributed by atoms with Crippen LogP contribution in [0.4, 0.5) is 10.5 Å². The van der Waals surface area contributed by atoms with Crippen LogP contribution in [-0.2, 0) is 14.3 Å². The van der Waals surface area contributed by atoms with Gasteiger partial charge in [-0.25, -0.2) is 4.79 Å². The normalized spacial score (nSPS) is 11.9. The van der Waals surface area contributed by atoms with Gasteiger partial charge in [0.2, 0.25) is 5.91 Å². The summed E-state index contributed by atoms with van der Waals surface area (Å²) in [7, 11) is 0. The maximum Gasteiger partial charge on any atom is 0.408 e. The zero-order valence-electron chi connectivity index (χ0n) is 19.1. The van der Waals surface area contributed by atoms with E-state index in [4.69, 9.17) is 4.74 Å². The number of likely N-dealkylation sites (N-methyl/N-ethyl adjacent to an activating group) is 1. The van der Waals surface area contributed by atoms with E-state index in [1.165, 1.54) is 17.0 Å². The second-order valence-electron chi connectivity index (χ2n) is 8.33. The molecular weight excluding hydrogens is 410 g/mol. The van der Waals surface area contributed by atoms with Crippen molar-refractivity contribution in [3.8, 4) is 5.75 Å². The zero-order valence-corrected chi connectivity index (χ0v) is 19.1. The Morgan fingerprint density at radius 2 is 1.69 bits per heavy atom. The summed E-state index contributed by atoms with van der Waals surface area (Å²) in [5.74, 6) is -0.804. The van der Waals surface area contributed by atoms with Gasteiger partial charge >= 0.3 is 6.09 Å². The number of aryl methyl sites for hydroxylation is 1. The van der Waals surface area contributed by atoms with Crippen molar-refractivity contribution in [3.05, 3.63) is 59.7 Å². The minimum absolute atomic E-state index is 0.0489. The number of benzene rings is 2. The molecule has 32 heavy (non-hydrogen) atoms. The molecule has 0 heterocycles. The maximum atomic E-state index is 13.3. The second-order valence-corrected chi connectivity index (χ2v) is 8.33. The van der Waals surface area contributed by atoms with Gasteiger partial charge in [-0.1, -0.05) is 30.3 Å². The quantitative estimate of drug-likeness (QED) is 0.606. The Hall–Kier alpha value is -3.55. The number of hydrogen-bond donors (Lipinski definition) is 3. The van der Waals surface area contributed by atoms with Gasteiger partial charge < -0.3 is 25.4 Å². The average molecular weight is 442 g/mol. The number of ether oxygens (including phenoxy) is 1. The fourth-order valence-electron chi connectivity index (χ4n) is 3.11. The number of anilines is 1. The van der Waals surface area contributed by atoms with Crippen LogP contribution in [0.1, 0.15) is 44.9 Å². The van der Waals surface area contributed by atoms with Crippen LogP contribution < -0.4 is 10.6 Å². The van der Waals surface area contributed by atoms with Crippen LogP contribution in [0.25, 0.3) is 0 Å². The van der Waals surface area contributed by atoms with Gasteiger partial charge in [-0.15, -0.1) is 0 Å². The van der Waals surface area contributed by atoms with E-state index in [2.05, 4.69) is 10.6 Å². The highest BCUT2D eigenvalue weighted by atomic mass is 16.6. The van der Waals surface area contributed by atoms with Crippen molar-refractivity contribution in [1.29, 1.82) is 0 Å². The Balaban J connectivity index is 2.27. The molecule has 0 aromatic heterocycles. The summed E-state index contributed by atoms with van der Waals surface area (Å²) in [5.41, 5.74) is 1.35. The lowest BCUT2D eigenvalue weighted by atomic mass is 10.0. The first-order valence-corrected chi connectivity index (χ1v) is 10.4. The highest BCUT2D eigenvalue weighted by molar-refractivity contribution is 5.98. The van der Waals surface area contributed by atoms with E-state index in [0.717, 1.165) is 5.56 Å². The number of aromatic hydroxyl groups is 1. The van der Waals surface area contributed by atoms with Crippen LogP contribution in [0.3, 0.4) is 0 Å². The molecule has 0 saturated carbocycles. The summed E-state index contributed by atoms with van der Waals surface area (Å²) in [6.45, 7) is 8.70. The fraction of sp³-hybridized carbons (Fsp3) is 0.375. The van der Waals surface area contributed by atoms with E-state index in [9.17, 15) is 19.5 Å². The predicted molar refractivity (Wildman–Crippen MR) is 122 cm³/mol. The minimum Gasteiger partial charge on any atom is -0.508 e. The molecule has 3 amide bonds. The number of carbonyl (C=O) groups excluding carboxylic acids is 3. The van der Waals surface area contributed by atoms with Crippen molar-refractivity contribution in [2.24, 2.45) is 0 Å². The molecule has 3 N–H and O–H groups in total. The Morgan fingerprint density at radius 1 is 1.06 bits per heavy atom. The molecule has 1 atom stereocenters. The molecule has 0 bridgehead atoms. The number of alkyl carbamates (subject to hydrolysis) is 1. The van der Waals surface area contributed by atoms with Gasteiger partial charge in [0.15, 0.2) is 0 Å². The fourth-order valence-corrected chi connectivity index (χ4v) is 3.11. The van der Waals surface area contributed by atoms with E-state index >= 15 is 0 Å². The van der Waals surface area contributed by atoms with Gasteiger partial charge in [-0.2, -0.15) is 0 Å². The number of nitrogens with zero attached hydrogens (tertiary/aromatic N) is 1. The number of nitrogens with one attached hydrogen (secondary N) is 2. The van der Waals surface area contributed by atoms with Crippen molar-refractivity contribution in [2.75, 3.05) is 18.4 Å². The molecule has 2 aromatic carbocycles. The van der Waals surface area contributed by atoms with Crippen LogP contribution in [-0.4, -0.2) is 46.6 Å². The molecule has 0 aliphatic heterocycles. The molecule has 0 radical (unpaired) electrons. The lowest BCUT2D eigenvalue weighted by Crippen LogP contribution is -2.46. The van der Waals surface area contributed by atoms with E-state index in [0.29, 0.717) is 11.3 Å². The molecule has 2 rings (SSSR count). The first-order chi connectivity index (χ1) is 15.0. The molecular formula is C24H31N3O5. The van der Waals surface area contributed by atoms with Gasteiger partial charge in [-0.3, -0.25) is 9.59 Å². The number of carbonyl (C=O) groups is 3. The summed E-state index contributed by atoms with van der Waals surface area (Å²) >= 11 is 0. The number of rotatable bonds is 7. The Morgan fingerprint density at radius 3 is 2.25 bits per heavy atom. The molecule has 0 aliphatic carbocycles. The lowest BCUT2D eigenvalue weighted by Gasteiger charge is -2.31. The minimum atomic E-state index is -0.965. The van der Waals surface area contributed by atoms with Crippen LogP contribution in [0.2, 0.25) is 0 Å². The number of phenols is 1.